The maximum Gasteiger partial charge on any atom is 0.320 e. The minimum Gasteiger partial charge on any atom is -0.480 e. The monoisotopic (exact) mass is 197 g/mol. The van der Waals surface area contributed by atoms with Gasteiger partial charge in [-0.25, -0.2) is 0 Å². The van der Waals surface area contributed by atoms with E-state index in [1.54, 1.807) is 4.68 Å². The number of rotatable bonds is 3. The molecule has 0 bridgehead atoms. The topological polar surface area (TPSA) is 81.1 Å². The molecule has 5 nitrogen and oxygen atoms in total. The lowest BCUT2D eigenvalue weighted by Crippen LogP contribution is -2.32. The minimum atomic E-state index is -0.979. The Morgan fingerprint density at radius 2 is 2.21 bits per heavy atom. The Morgan fingerprint density at radius 3 is 2.57 bits per heavy atom. The molecule has 0 saturated heterocycles. The van der Waals surface area contributed by atoms with Crippen molar-refractivity contribution in [2.75, 3.05) is 0 Å². The van der Waals surface area contributed by atoms with E-state index in [4.69, 9.17) is 10.8 Å². The fraction of sp³-hybridized carbons (Fsp3) is 0.556. The van der Waals surface area contributed by atoms with Crippen molar-refractivity contribution in [3.8, 4) is 0 Å². The highest BCUT2D eigenvalue weighted by Crippen LogP contribution is 2.13. The predicted octanol–water partition coefficient (Wildman–Crippen LogP) is -0.00866. The van der Waals surface area contributed by atoms with E-state index in [2.05, 4.69) is 5.10 Å². The Labute approximate surface area is 82.5 Å². The van der Waals surface area contributed by atoms with Gasteiger partial charge in [0.05, 0.1) is 5.69 Å². The molecule has 3 N–H and O–H groups in total. The molecule has 1 rings (SSSR count). The quantitative estimate of drug-likeness (QED) is 0.714. The number of hydrogen-bond donors (Lipinski definition) is 2. The summed E-state index contributed by atoms with van der Waals surface area (Å²) in [6, 6.07) is -0.850. The number of nitrogens with two attached hydrogens (primary N) is 1. The van der Waals surface area contributed by atoms with Gasteiger partial charge in [-0.3, -0.25) is 9.48 Å². The summed E-state index contributed by atoms with van der Waals surface area (Å²) in [6.45, 7) is 3.76. The Bertz CT molecular complexity index is 357. The second-order valence-electron chi connectivity index (χ2n) is 3.42. The Hall–Kier alpha value is -1.36. The van der Waals surface area contributed by atoms with Crippen LogP contribution in [0.4, 0.5) is 0 Å². The first-order valence-corrected chi connectivity index (χ1v) is 4.41. The average Bonchev–Trinajstić information content (AvgIpc) is 2.32. The number of aromatic nitrogens is 2. The Kier molecular flexibility index (Phi) is 2.90. The van der Waals surface area contributed by atoms with Crippen LogP contribution in [0, 0.1) is 13.8 Å². The van der Waals surface area contributed by atoms with Crippen LogP contribution < -0.4 is 5.73 Å². The third-order valence-electron chi connectivity index (χ3n) is 2.40. The van der Waals surface area contributed by atoms with E-state index < -0.39 is 12.0 Å². The third kappa shape index (κ3) is 1.93. The average molecular weight is 197 g/mol. The van der Waals surface area contributed by atoms with Crippen LogP contribution in [0.5, 0.6) is 0 Å². The maximum absolute atomic E-state index is 10.6. The molecule has 78 valence electrons. The second kappa shape index (κ2) is 3.79. The predicted molar refractivity (Wildman–Crippen MR) is 52.0 cm³/mol. The zero-order valence-corrected chi connectivity index (χ0v) is 8.61. The largest absolute Gasteiger partial charge is 0.480 e. The van der Waals surface area contributed by atoms with Crippen LogP contribution >= 0.6 is 0 Å². The summed E-state index contributed by atoms with van der Waals surface area (Å²) in [6.07, 6.45) is 0.334. The molecule has 1 aromatic rings. The standard InChI is InChI=1S/C9H15N3O2/c1-5-7(4-8(10)9(13)14)6(2)12(3)11-5/h8H,4,10H2,1-3H3,(H,13,14). The molecule has 14 heavy (non-hydrogen) atoms. The summed E-state index contributed by atoms with van der Waals surface area (Å²) < 4.78 is 1.74. The van der Waals surface area contributed by atoms with Crippen LogP contribution in [0.3, 0.4) is 0 Å². The number of hydrogen-bond acceptors (Lipinski definition) is 3. The molecular formula is C9H15N3O2. The van der Waals surface area contributed by atoms with Gasteiger partial charge in [0.25, 0.3) is 0 Å². The van der Waals surface area contributed by atoms with Crippen molar-refractivity contribution >= 4 is 5.97 Å². The fourth-order valence-electron chi connectivity index (χ4n) is 1.42. The molecule has 1 unspecified atom stereocenters. The molecule has 0 aliphatic heterocycles. The van der Waals surface area contributed by atoms with Crippen molar-refractivity contribution in [2.45, 2.75) is 26.3 Å². The van der Waals surface area contributed by atoms with Crippen LogP contribution in [0.15, 0.2) is 0 Å². The summed E-state index contributed by atoms with van der Waals surface area (Å²) in [7, 11) is 1.83. The van der Waals surface area contributed by atoms with Gasteiger partial charge in [-0.15, -0.1) is 0 Å². The molecule has 0 aliphatic carbocycles. The Morgan fingerprint density at radius 1 is 1.64 bits per heavy atom. The van der Waals surface area contributed by atoms with Crippen molar-refractivity contribution in [3.05, 3.63) is 17.0 Å². The molecule has 5 heteroatoms. The maximum atomic E-state index is 10.6. The lowest BCUT2D eigenvalue weighted by molar-refractivity contribution is -0.138. The van der Waals surface area contributed by atoms with Crippen LogP contribution in [-0.2, 0) is 18.3 Å². The van der Waals surface area contributed by atoms with Gasteiger partial charge < -0.3 is 10.8 Å². The van der Waals surface area contributed by atoms with E-state index >= 15 is 0 Å². The molecule has 0 fully saturated rings. The van der Waals surface area contributed by atoms with Crippen LogP contribution in [0.2, 0.25) is 0 Å². The highest BCUT2D eigenvalue weighted by atomic mass is 16.4. The molecule has 0 radical (unpaired) electrons. The van der Waals surface area contributed by atoms with Gasteiger partial charge in [-0.1, -0.05) is 0 Å². The SMILES string of the molecule is Cc1nn(C)c(C)c1CC(N)C(=O)O. The number of carboxylic acids is 1. The van der Waals surface area contributed by atoms with Gasteiger partial charge >= 0.3 is 5.97 Å². The minimum absolute atomic E-state index is 0.334. The van der Waals surface area contributed by atoms with E-state index in [9.17, 15) is 4.79 Å². The van der Waals surface area contributed by atoms with E-state index in [1.165, 1.54) is 0 Å². The molecule has 0 saturated carbocycles. The number of aliphatic carboxylic acids is 1. The Balaban J connectivity index is 2.91. The summed E-state index contributed by atoms with van der Waals surface area (Å²) in [5.74, 6) is -0.979. The molecule has 1 heterocycles. The van der Waals surface area contributed by atoms with Gasteiger partial charge in [0, 0.05) is 19.2 Å². The van der Waals surface area contributed by atoms with Gasteiger partial charge in [0.15, 0.2) is 0 Å². The molecule has 0 spiro atoms. The van der Waals surface area contributed by atoms with E-state index in [-0.39, 0.29) is 0 Å². The first-order chi connectivity index (χ1) is 6.43. The van der Waals surface area contributed by atoms with E-state index in [0.29, 0.717) is 6.42 Å². The van der Waals surface area contributed by atoms with Crippen molar-refractivity contribution in [3.63, 3.8) is 0 Å². The summed E-state index contributed by atoms with van der Waals surface area (Å²) in [4.78, 5) is 10.6. The van der Waals surface area contributed by atoms with Crippen molar-refractivity contribution in [1.29, 1.82) is 0 Å². The highest BCUT2D eigenvalue weighted by molar-refractivity contribution is 5.73. The fourth-order valence-corrected chi connectivity index (χ4v) is 1.42. The van der Waals surface area contributed by atoms with Crippen molar-refractivity contribution in [1.82, 2.24) is 9.78 Å². The first kappa shape index (κ1) is 10.7. The van der Waals surface area contributed by atoms with Crippen LogP contribution in [0.1, 0.15) is 17.0 Å². The number of aryl methyl sites for hydroxylation is 2. The molecule has 0 aliphatic rings. The number of carboxylic acid groups (broad SMARTS) is 1. The summed E-state index contributed by atoms with van der Waals surface area (Å²) in [5.41, 5.74) is 8.21. The van der Waals surface area contributed by atoms with Crippen LogP contribution in [0.25, 0.3) is 0 Å². The number of nitrogens with zero attached hydrogens (tertiary/aromatic N) is 2. The molecule has 0 amide bonds. The van der Waals surface area contributed by atoms with Crippen LogP contribution in [-0.4, -0.2) is 26.9 Å². The molecule has 0 aromatic carbocycles. The normalized spacial score (nSPS) is 12.9. The molecule has 1 aromatic heterocycles. The summed E-state index contributed by atoms with van der Waals surface area (Å²) >= 11 is 0. The van der Waals surface area contributed by atoms with Gasteiger partial charge in [0.1, 0.15) is 6.04 Å². The summed E-state index contributed by atoms with van der Waals surface area (Å²) in [5, 5.41) is 12.9. The zero-order chi connectivity index (χ0) is 10.9. The van der Waals surface area contributed by atoms with Gasteiger partial charge in [0.2, 0.25) is 0 Å². The zero-order valence-electron chi connectivity index (χ0n) is 8.61. The molecular weight excluding hydrogens is 182 g/mol. The number of carbonyl (C=O) groups is 1. The van der Waals surface area contributed by atoms with Crippen molar-refractivity contribution in [2.24, 2.45) is 12.8 Å². The highest BCUT2D eigenvalue weighted by Gasteiger charge is 2.17. The third-order valence-corrected chi connectivity index (χ3v) is 2.40. The smallest absolute Gasteiger partial charge is 0.320 e. The second-order valence-corrected chi connectivity index (χ2v) is 3.42. The van der Waals surface area contributed by atoms with E-state index in [0.717, 1.165) is 17.0 Å². The first-order valence-electron chi connectivity index (χ1n) is 4.41. The van der Waals surface area contributed by atoms with Crippen molar-refractivity contribution < 1.29 is 9.90 Å². The van der Waals surface area contributed by atoms with Gasteiger partial charge in [-0.05, 0) is 19.4 Å². The molecule has 1 atom stereocenters. The lowest BCUT2D eigenvalue weighted by Gasteiger charge is -2.06. The lowest BCUT2D eigenvalue weighted by atomic mass is 10.1. The van der Waals surface area contributed by atoms with E-state index in [1.807, 2.05) is 20.9 Å². The van der Waals surface area contributed by atoms with Gasteiger partial charge in [-0.2, -0.15) is 5.10 Å².